The maximum absolute atomic E-state index is 5.66. The second-order valence-electron chi connectivity index (χ2n) is 4.91. The number of rotatable bonds is 4. The summed E-state index contributed by atoms with van der Waals surface area (Å²) in [7, 11) is 0. The van der Waals surface area contributed by atoms with E-state index in [1.54, 1.807) is 6.20 Å². The molecule has 1 fully saturated rings. The zero-order valence-corrected chi connectivity index (χ0v) is 10.6. The molecular weight excluding hydrogens is 196 g/mol. The average molecular weight is 220 g/mol. The molecule has 0 bridgehead atoms. The van der Waals surface area contributed by atoms with Crippen LogP contribution >= 0.6 is 0 Å². The van der Waals surface area contributed by atoms with E-state index in [4.69, 9.17) is 5.73 Å². The number of nitrogens with zero attached hydrogens (tertiary/aromatic N) is 1. The van der Waals surface area contributed by atoms with Gasteiger partial charge in [-0.3, -0.25) is 4.99 Å². The third kappa shape index (κ3) is 3.84. The van der Waals surface area contributed by atoms with Gasteiger partial charge in [0.25, 0.3) is 0 Å². The van der Waals surface area contributed by atoms with Crippen LogP contribution in [0.2, 0.25) is 0 Å². The fraction of sp³-hybridized carbons (Fsp3) is 0.643. The Kier molecular flexibility index (Phi) is 5.30. The highest BCUT2D eigenvalue weighted by Gasteiger charge is 2.16. The van der Waals surface area contributed by atoms with Gasteiger partial charge in [0, 0.05) is 18.3 Å². The molecule has 2 N–H and O–H groups in total. The number of aliphatic imine (C=N–C) groups is 1. The third-order valence-corrected chi connectivity index (χ3v) is 3.32. The Bertz CT molecular complexity index is 281. The van der Waals surface area contributed by atoms with Gasteiger partial charge >= 0.3 is 0 Å². The Morgan fingerprint density at radius 2 is 1.94 bits per heavy atom. The smallest absolute Gasteiger partial charge is 0.0588 e. The van der Waals surface area contributed by atoms with Gasteiger partial charge in [-0.25, -0.2) is 0 Å². The number of nitrogens with two attached hydrogens (primary N) is 1. The van der Waals surface area contributed by atoms with Crippen LogP contribution < -0.4 is 5.73 Å². The lowest BCUT2D eigenvalue weighted by atomic mass is 9.87. The molecule has 0 radical (unpaired) electrons. The molecule has 1 saturated carbocycles. The van der Waals surface area contributed by atoms with Crippen LogP contribution in [0.25, 0.3) is 0 Å². The molecule has 16 heavy (non-hydrogen) atoms. The lowest BCUT2D eigenvalue weighted by Gasteiger charge is -2.21. The Labute approximate surface area is 99.3 Å². The fourth-order valence-corrected chi connectivity index (χ4v) is 1.99. The molecule has 2 nitrogen and oxygen atoms in total. The van der Waals surface area contributed by atoms with E-state index in [2.05, 4.69) is 25.4 Å². The summed E-state index contributed by atoms with van der Waals surface area (Å²) in [5, 5.41) is 0. The van der Waals surface area contributed by atoms with Gasteiger partial charge in [-0.2, -0.15) is 0 Å². The van der Waals surface area contributed by atoms with Crippen molar-refractivity contribution in [3.8, 4) is 0 Å². The van der Waals surface area contributed by atoms with Crippen LogP contribution in [0.4, 0.5) is 0 Å². The molecule has 90 valence electrons. The molecule has 2 heteroatoms. The summed E-state index contributed by atoms with van der Waals surface area (Å²) in [5.41, 5.74) is 7.77. The van der Waals surface area contributed by atoms with E-state index >= 15 is 0 Å². The van der Waals surface area contributed by atoms with Gasteiger partial charge in [0.2, 0.25) is 0 Å². The van der Waals surface area contributed by atoms with E-state index in [0.29, 0.717) is 11.8 Å². The van der Waals surface area contributed by atoms with Crippen molar-refractivity contribution in [1.29, 1.82) is 0 Å². The highest BCUT2D eigenvalue weighted by molar-refractivity contribution is 5.79. The summed E-state index contributed by atoms with van der Waals surface area (Å²) in [4.78, 5) is 4.50. The molecule has 0 heterocycles. The summed E-state index contributed by atoms with van der Waals surface area (Å²) in [6.45, 7) is 8.24. The molecular formula is C14H24N2. The second-order valence-corrected chi connectivity index (χ2v) is 4.91. The molecule has 0 aromatic heterocycles. The highest BCUT2D eigenvalue weighted by atomic mass is 14.8. The van der Waals surface area contributed by atoms with E-state index in [0.717, 1.165) is 11.3 Å². The zero-order valence-electron chi connectivity index (χ0n) is 10.6. The van der Waals surface area contributed by atoms with E-state index in [-0.39, 0.29) is 0 Å². The summed E-state index contributed by atoms with van der Waals surface area (Å²) in [6, 6.07) is 0. The minimum Gasteiger partial charge on any atom is -0.403 e. The van der Waals surface area contributed by atoms with Crippen molar-refractivity contribution in [2.75, 3.05) is 0 Å². The predicted molar refractivity (Wildman–Crippen MR) is 71.3 cm³/mol. The Morgan fingerprint density at radius 3 is 2.44 bits per heavy atom. The standard InChI is InChI=1S/C14H24N2/c1-11(2)12(3)10-16-14(9-15)13-7-5-4-6-8-13/h9-11,13H,3-8,15H2,1-2H3/b14-9-,16-10?. The molecule has 1 aliphatic rings. The van der Waals surface area contributed by atoms with Crippen molar-refractivity contribution in [1.82, 2.24) is 0 Å². The Balaban J connectivity index is 2.58. The van der Waals surface area contributed by atoms with Crippen LogP contribution in [-0.2, 0) is 0 Å². The van der Waals surface area contributed by atoms with Gasteiger partial charge in [0.15, 0.2) is 0 Å². The largest absolute Gasteiger partial charge is 0.403 e. The van der Waals surface area contributed by atoms with Crippen LogP contribution in [0, 0.1) is 11.8 Å². The van der Waals surface area contributed by atoms with Crippen LogP contribution in [0.15, 0.2) is 29.0 Å². The van der Waals surface area contributed by atoms with Gasteiger partial charge in [-0.1, -0.05) is 39.7 Å². The first-order chi connectivity index (χ1) is 7.65. The van der Waals surface area contributed by atoms with Gasteiger partial charge in [-0.05, 0) is 24.3 Å². The maximum atomic E-state index is 5.66. The fourth-order valence-electron chi connectivity index (χ4n) is 1.99. The number of allylic oxidation sites excluding steroid dienone is 2. The lowest BCUT2D eigenvalue weighted by molar-refractivity contribution is 0.400. The van der Waals surface area contributed by atoms with Crippen molar-refractivity contribution in [2.45, 2.75) is 46.0 Å². The molecule has 0 aliphatic heterocycles. The summed E-state index contributed by atoms with van der Waals surface area (Å²) >= 11 is 0. The molecule has 1 aliphatic carbocycles. The molecule has 0 unspecified atom stereocenters. The molecule has 1 rings (SSSR count). The predicted octanol–water partition coefficient (Wildman–Crippen LogP) is 3.65. The zero-order chi connectivity index (χ0) is 12.0. The first-order valence-electron chi connectivity index (χ1n) is 6.29. The number of hydrogen-bond acceptors (Lipinski definition) is 2. The summed E-state index contributed by atoms with van der Waals surface area (Å²) in [6.07, 6.45) is 9.98. The molecule has 0 saturated heterocycles. The minimum absolute atomic E-state index is 0.453. The Morgan fingerprint density at radius 1 is 1.31 bits per heavy atom. The van der Waals surface area contributed by atoms with Gasteiger partial charge in [0.1, 0.15) is 0 Å². The normalized spacial score (nSPS) is 19.6. The minimum atomic E-state index is 0.453. The maximum Gasteiger partial charge on any atom is 0.0588 e. The molecule has 0 aromatic rings. The van der Waals surface area contributed by atoms with Crippen molar-refractivity contribution in [3.05, 3.63) is 24.0 Å². The average Bonchev–Trinajstić information content (AvgIpc) is 2.30. The topological polar surface area (TPSA) is 38.4 Å². The Hall–Kier alpha value is -1.05. The van der Waals surface area contributed by atoms with E-state index < -0.39 is 0 Å². The number of hydrogen-bond donors (Lipinski definition) is 1. The van der Waals surface area contributed by atoms with Gasteiger partial charge in [0.05, 0.1) is 5.70 Å². The van der Waals surface area contributed by atoms with Crippen LogP contribution in [0.5, 0.6) is 0 Å². The highest BCUT2D eigenvalue weighted by Crippen LogP contribution is 2.29. The molecule has 0 aromatic carbocycles. The third-order valence-electron chi connectivity index (χ3n) is 3.32. The van der Waals surface area contributed by atoms with Crippen molar-refractivity contribution in [2.24, 2.45) is 22.6 Å². The first kappa shape index (κ1) is 13.0. The van der Waals surface area contributed by atoms with Gasteiger partial charge < -0.3 is 5.73 Å². The molecule has 0 amide bonds. The van der Waals surface area contributed by atoms with E-state index in [1.807, 2.05) is 6.21 Å². The lowest BCUT2D eigenvalue weighted by Crippen LogP contribution is -2.10. The summed E-state index contributed by atoms with van der Waals surface area (Å²) in [5.74, 6) is 1.02. The molecule has 0 spiro atoms. The van der Waals surface area contributed by atoms with Crippen LogP contribution in [0.3, 0.4) is 0 Å². The van der Waals surface area contributed by atoms with Crippen molar-refractivity contribution in [3.63, 3.8) is 0 Å². The van der Waals surface area contributed by atoms with Crippen LogP contribution in [-0.4, -0.2) is 6.21 Å². The SMILES string of the molecule is C=C(C=N/C(=C\N)C1CCCCC1)C(C)C. The van der Waals surface area contributed by atoms with Gasteiger partial charge in [-0.15, -0.1) is 0 Å². The molecule has 0 atom stereocenters. The quantitative estimate of drug-likeness (QED) is 0.722. The first-order valence-corrected chi connectivity index (χ1v) is 6.29. The van der Waals surface area contributed by atoms with Crippen molar-refractivity contribution < 1.29 is 0 Å². The van der Waals surface area contributed by atoms with E-state index in [9.17, 15) is 0 Å². The van der Waals surface area contributed by atoms with Crippen molar-refractivity contribution >= 4 is 6.21 Å². The second kappa shape index (κ2) is 6.51. The monoisotopic (exact) mass is 220 g/mol. The van der Waals surface area contributed by atoms with E-state index in [1.165, 1.54) is 32.1 Å². The summed E-state index contributed by atoms with van der Waals surface area (Å²) < 4.78 is 0. The van der Waals surface area contributed by atoms with Crippen LogP contribution in [0.1, 0.15) is 46.0 Å².